The Balaban J connectivity index is 1.83. The highest BCUT2D eigenvalue weighted by Crippen LogP contribution is 2.35. The van der Waals surface area contributed by atoms with E-state index in [1.54, 1.807) is 0 Å². The van der Waals surface area contributed by atoms with Crippen LogP contribution in [0.25, 0.3) is 0 Å². The molecule has 0 unspecified atom stereocenters. The van der Waals surface area contributed by atoms with Gasteiger partial charge in [-0.1, -0.05) is 25.0 Å². The summed E-state index contributed by atoms with van der Waals surface area (Å²) >= 11 is 0. The predicted molar refractivity (Wildman–Crippen MR) is 85.2 cm³/mol. The van der Waals surface area contributed by atoms with Crippen LogP contribution in [0.5, 0.6) is 0 Å². The average molecular weight is 288 g/mol. The van der Waals surface area contributed by atoms with E-state index in [4.69, 9.17) is 15.8 Å². The van der Waals surface area contributed by atoms with E-state index in [1.165, 1.54) is 31.5 Å². The number of nitrogens with two attached hydrogens (primary N) is 1. The van der Waals surface area contributed by atoms with Crippen molar-refractivity contribution in [2.45, 2.75) is 82.7 Å². The van der Waals surface area contributed by atoms with Crippen LogP contribution in [0.1, 0.15) is 81.8 Å². The van der Waals surface area contributed by atoms with Gasteiger partial charge in [0.15, 0.2) is 5.82 Å². The second-order valence-electron chi connectivity index (χ2n) is 7.04. The maximum atomic E-state index is 6.04. The van der Waals surface area contributed by atoms with E-state index in [9.17, 15) is 0 Å². The standard InChI is InChI=1S/C17H28N4/c1-12(2)11-21-17(14-7-9-15(18)10-8-14)19-16(20-21)13-5-3-4-6-13/h13-15H,1,3-11,18H2,2H3. The van der Waals surface area contributed by atoms with Gasteiger partial charge in [0.2, 0.25) is 0 Å². The topological polar surface area (TPSA) is 56.7 Å². The zero-order chi connectivity index (χ0) is 14.8. The van der Waals surface area contributed by atoms with Crippen LogP contribution >= 0.6 is 0 Å². The molecule has 116 valence electrons. The lowest BCUT2D eigenvalue weighted by molar-refractivity contribution is 0.374. The summed E-state index contributed by atoms with van der Waals surface area (Å²) in [6.07, 6.45) is 9.70. The highest BCUT2D eigenvalue weighted by atomic mass is 15.4. The van der Waals surface area contributed by atoms with Crippen molar-refractivity contribution in [2.75, 3.05) is 0 Å². The lowest BCUT2D eigenvalue weighted by Gasteiger charge is -2.25. The highest BCUT2D eigenvalue weighted by molar-refractivity contribution is 5.08. The quantitative estimate of drug-likeness (QED) is 0.863. The first-order chi connectivity index (χ1) is 10.1. The van der Waals surface area contributed by atoms with Crippen molar-refractivity contribution in [2.24, 2.45) is 5.73 Å². The normalized spacial score (nSPS) is 27.1. The van der Waals surface area contributed by atoms with Crippen molar-refractivity contribution < 1.29 is 0 Å². The summed E-state index contributed by atoms with van der Waals surface area (Å²) in [5.74, 6) is 3.39. The summed E-state index contributed by atoms with van der Waals surface area (Å²) < 4.78 is 2.12. The third-order valence-electron chi connectivity index (χ3n) is 4.99. The molecule has 1 aromatic rings. The maximum Gasteiger partial charge on any atom is 0.154 e. The summed E-state index contributed by atoms with van der Waals surface area (Å²) in [5.41, 5.74) is 7.19. The number of hydrogen-bond acceptors (Lipinski definition) is 3. The summed E-state index contributed by atoms with van der Waals surface area (Å²) in [4.78, 5) is 4.96. The molecule has 0 spiro atoms. The molecule has 2 saturated carbocycles. The van der Waals surface area contributed by atoms with E-state index in [0.29, 0.717) is 17.9 Å². The molecule has 4 nitrogen and oxygen atoms in total. The number of rotatable bonds is 4. The zero-order valence-electron chi connectivity index (χ0n) is 13.2. The molecule has 0 amide bonds. The molecule has 2 aliphatic carbocycles. The first kappa shape index (κ1) is 14.8. The molecule has 0 radical (unpaired) electrons. The van der Waals surface area contributed by atoms with Gasteiger partial charge in [-0.2, -0.15) is 5.10 Å². The number of aromatic nitrogens is 3. The van der Waals surface area contributed by atoms with E-state index in [-0.39, 0.29) is 0 Å². The maximum absolute atomic E-state index is 6.04. The van der Waals surface area contributed by atoms with Crippen molar-refractivity contribution in [3.63, 3.8) is 0 Å². The summed E-state index contributed by atoms with van der Waals surface area (Å²) in [7, 11) is 0. The fourth-order valence-corrected chi connectivity index (χ4v) is 3.78. The van der Waals surface area contributed by atoms with Crippen LogP contribution in [-0.4, -0.2) is 20.8 Å². The van der Waals surface area contributed by atoms with E-state index in [2.05, 4.69) is 18.2 Å². The molecule has 0 saturated heterocycles. The minimum absolute atomic E-state index is 0.382. The van der Waals surface area contributed by atoms with Crippen molar-refractivity contribution in [1.82, 2.24) is 14.8 Å². The fraction of sp³-hybridized carbons (Fsp3) is 0.765. The van der Waals surface area contributed by atoms with Gasteiger partial charge in [0, 0.05) is 17.9 Å². The van der Waals surface area contributed by atoms with Crippen LogP contribution < -0.4 is 5.73 Å². The molecule has 2 fully saturated rings. The second kappa shape index (κ2) is 6.30. The van der Waals surface area contributed by atoms with E-state index < -0.39 is 0 Å². The van der Waals surface area contributed by atoms with Gasteiger partial charge in [0.1, 0.15) is 5.82 Å². The van der Waals surface area contributed by atoms with E-state index in [0.717, 1.165) is 43.6 Å². The highest BCUT2D eigenvalue weighted by Gasteiger charge is 2.28. The number of hydrogen-bond donors (Lipinski definition) is 1. The lowest BCUT2D eigenvalue weighted by Crippen LogP contribution is -2.27. The molecule has 1 heterocycles. The molecular weight excluding hydrogens is 260 g/mol. The summed E-state index contributed by atoms with van der Waals surface area (Å²) in [5, 5.41) is 4.84. The van der Waals surface area contributed by atoms with Crippen molar-refractivity contribution in [3.05, 3.63) is 23.8 Å². The molecule has 3 rings (SSSR count). The minimum atomic E-state index is 0.382. The smallest absolute Gasteiger partial charge is 0.154 e. The Labute approximate surface area is 127 Å². The zero-order valence-corrected chi connectivity index (χ0v) is 13.2. The Bertz CT molecular complexity index is 491. The molecule has 0 aliphatic heterocycles. The Morgan fingerprint density at radius 1 is 1.14 bits per heavy atom. The molecule has 21 heavy (non-hydrogen) atoms. The Hall–Kier alpha value is -1.16. The molecule has 4 heteroatoms. The fourth-order valence-electron chi connectivity index (χ4n) is 3.78. The predicted octanol–water partition coefficient (Wildman–Crippen LogP) is 3.50. The molecule has 0 atom stereocenters. The lowest BCUT2D eigenvalue weighted by atomic mass is 9.86. The summed E-state index contributed by atoms with van der Waals surface area (Å²) in [6.45, 7) is 6.92. The Morgan fingerprint density at radius 2 is 1.81 bits per heavy atom. The van der Waals surface area contributed by atoms with Gasteiger partial charge in [0.25, 0.3) is 0 Å². The van der Waals surface area contributed by atoms with Crippen molar-refractivity contribution in [3.8, 4) is 0 Å². The van der Waals surface area contributed by atoms with Gasteiger partial charge in [-0.25, -0.2) is 9.67 Å². The van der Waals surface area contributed by atoms with Crippen molar-refractivity contribution >= 4 is 0 Å². The van der Waals surface area contributed by atoms with Crippen molar-refractivity contribution in [1.29, 1.82) is 0 Å². The third kappa shape index (κ3) is 3.37. The summed E-state index contributed by atoms with van der Waals surface area (Å²) in [6, 6.07) is 0.382. The molecule has 0 bridgehead atoms. The number of nitrogens with zero attached hydrogens (tertiary/aromatic N) is 3. The van der Waals surface area contributed by atoms with Gasteiger partial charge in [-0.15, -0.1) is 0 Å². The van der Waals surface area contributed by atoms with Crippen LogP contribution in [0.15, 0.2) is 12.2 Å². The molecular formula is C17H28N4. The molecule has 0 aromatic carbocycles. The molecule has 2 N–H and O–H groups in total. The van der Waals surface area contributed by atoms with Crippen LogP contribution in [0.2, 0.25) is 0 Å². The van der Waals surface area contributed by atoms with Gasteiger partial charge in [0.05, 0.1) is 6.54 Å². The Morgan fingerprint density at radius 3 is 2.43 bits per heavy atom. The van der Waals surface area contributed by atoms with Gasteiger partial charge < -0.3 is 5.73 Å². The first-order valence-corrected chi connectivity index (χ1v) is 8.48. The largest absolute Gasteiger partial charge is 0.328 e. The van der Waals surface area contributed by atoms with Crippen LogP contribution in [0.4, 0.5) is 0 Å². The average Bonchev–Trinajstić information content (AvgIpc) is 3.08. The van der Waals surface area contributed by atoms with E-state index in [1.807, 2.05) is 0 Å². The van der Waals surface area contributed by atoms with Crippen LogP contribution in [-0.2, 0) is 6.54 Å². The van der Waals surface area contributed by atoms with Crippen LogP contribution in [0, 0.1) is 0 Å². The minimum Gasteiger partial charge on any atom is -0.328 e. The van der Waals surface area contributed by atoms with Gasteiger partial charge in [-0.05, 0) is 45.4 Å². The third-order valence-corrected chi connectivity index (χ3v) is 4.99. The van der Waals surface area contributed by atoms with Gasteiger partial charge in [-0.3, -0.25) is 0 Å². The Kier molecular flexibility index (Phi) is 4.43. The molecule has 1 aromatic heterocycles. The first-order valence-electron chi connectivity index (χ1n) is 8.48. The number of allylic oxidation sites excluding steroid dienone is 1. The van der Waals surface area contributed by atoms with Crippen LogP contribution in [0.3, 0.4) is 0 Å². The monoisotopic (exact) mass is 288 g/mol. The second-order valence-corrected chi connectivity index (χ2v) is 7.04. The SMILES string of the molecule is C=C(C)Cn1nc(C2CCCC2)nc1C1CCC(N)CC1. The van der Waals surface area contributed by atoms with Gasteiger partial charge >= 0.3 is 0 Å². The van der Waals surface area contributed by atoms with E-state index >= 15 is 0 Å². The molecule has 2 aliphatic rings.